The number of Topliss-reactive ketones (excluding diaryl/α,β-unsaturated/α-hetero) is 1. The molecule has 0 bridgehead atoms. The normalized spacial score (nSPS) is 10.3. The lowest BCUT2D eigenvalue weighted by Gasteiger charge is -2.11. The molecule has 0 aliphatic carbocycles. The highest BCUT2D eigenvalue weighted by molar-refractivity contribution is 5.95. The molecule has 3 nitrogen and oxygen atoms in total. The molecule has 1 aromatic heterocycles. The third-order valence-electron chi connectivity index (χ3n) is 3.40. The Balaban J connectivity index is 2.66. The van der Waals surface area contributed by atoms with Crippen LogP contribution in [-0.4, -0.2) is 10.4 Å². The minimum Gasteiger partial charge on any atom is -0.317 e. The number of aromatic nitrogens is 1. The molecule has 0 saturated carbocycles. The van der Waals surface area contributed by atoms with E-state index in [-0.39, 0.29) is 11.3 Å². The summed E-state index contributed by atoms with van der Waals surface area (Å²) in [5.41, 5.74) is 3.02. The van der Waals surface area contributed by atoms with Crippen LogP contribution in [0.2, 0.25) is 0 Å². The van der Waals surface area contributed by atoms with E-state index in [0.717, 1.165) is 17.8 Å². The van der Waals surface area contributed by atoms with E-state index in [0.29, 0.717) is 11.3 Å². The number of aryl methyl sites for hydroxylation is 1. The van der Waals surface area contributed by atoms with Crippen LogP contribution in [0.1, 0.15) is 41.2 Å². The van der Waals surface area contributed by atoms with Crippen LogP contribution in [0.3, 0.4) is 0 Å². The third kappa shape index (κ3) is 2.23. The molecule has 0 amide bonds. The second kappa shape index (κ2) is 5.30. The number of benzene rings is 1. The molecule has 0 radical (unpaired) electrons. The smallest absolute Gasteiger partial charge is 0.161 e. The van der Waals surface area contributed by atoms with Crippen molar-refractivity contribution in [1.29, 1.82) is 5.26 Å². The maximum atomic E-state index is 13.8. The zero-order valence-corrected chi connectivity index (χ0v) is 11.7. The van der Waals surface area contributed by atoms with Gasteiger partial charge in [-0.05, 0) is 44.5 Å². The molecule has 2 aromatic rings. The van der Waals surface area contributed by atoms with E-state index in [1.54, 1.807) is 12.1 Å². The van der Waals surface area contributed by atoms with Crippen LogP contribution < -0.4 is 0 Å². The van der Waals surface area contributed by atoms with Crippen molar-refractivity contribution in [2.24, 2.45) is 0 Å². The molecule has 20 heavy (non-hydrogen) atoms. The number of carbonyl (C=O) groups excluding carboxylic acids is 1. The van der Waals surface area contributed by atoms with Crippen molar-refractivity contribution in [1.82, 2.24) is 4.57 Å². The van der Waals surface area contributed by atoms with Crippen LogP contribution in [0, 0.1) is 24.1 Å². The van der Waals surface area contributed by atoms with Gasteiger partial charge >= 0.3 is 0 Å². The van der Waals surface area contributed by atoms with Crippen molar-refractivity contribution in [2.45, 2.75) is 27.2 Å². The summed E-state index contributed by atoms with van der Waals surface area (Å²) in [4.78, 5) is 11.6. The lowest BCUT2D eigenvalue weighted by Crippen LogP contribution is -2.03. The Hall–Kier alpha value is -2.41. The molecule has 102 valence electrons. The van der Waals surface area contributed by atoms with Gasteiger partial charge in [0.1, 0.15) is 11.9 Å². The Bertz CT molecular complexity index is 723. The predicted octanol–water partition coefficient (Wildman–Crippen LogP) is 3.56. The van der Waals surface area contributed by atoms with E-state index in [1.807, 2.05) is 24.5 Å². The van der Waals surface area contributed by atoms with Crippen LogP contribution >= 0.6 is 0 Å². The summed E-state index contributed by atoms with van der Waals surface area (Å²) in [6.07, 6.45) is 0.732. The average molecular weight is 270 g/mol. The van der Waals surface area contributed by atoms with Gasteiger partial charge in [0.05, 0.1) is 5.56 Å². The maximum absolute atomic E-state index is 13.8. The van der Waals surface area contributed by atoms with Gasteiger partial charge in [-0.15, -0.1) is 0 Å². The molecule has 2 rings (SSSR count). The third-order valence-corrected chi connectivity index (χ3v) is 3.40. The molecule has 0 atom stereocenters. The van der Waals surface area contributed by atoms with Gasteiger partial charge in [-0.1, -0.05) is 6.92 Å². The zero-order valence-electron chi connectivity index (χ0n) is 11.7. The van der Waals surface area contributed by atoms with Crippen molar-refractivity contribution in [3.63, 3.8) is 0 Å². The Labute approximate surface area is 117 Å². The van der Waals surface area contributed by atoms with Gasteiger partial charge in [0.2, 0.25) is 0 Å². The summed E-state index contributed by atoms with van der Waals surface area (Å²) in [5.74, 6) is -0.561. The first kappa shape index (κ1) is 14.0. The topological polar surface area (TPSA) is 45.8 Å². The molecule has 0 fully saturated rings. The molecule has 0 saturated heterocycles. The highest BCUT2D eigenvalue weighted by Crippen LogP contribution is 2.23. The number of carbonyl (C=O) groups is 1. The van der Waals surface area contributed by atoms with Gasteiger partial charge in [0.15, 0.2) is 5.78 Å². The van der Waals surface area contributed by atoms with Crippen molar-refractivity contribution in [2.75, 3.05) is 0 Å². The largest absolute Gasteiger partial charge is 0.317 e. The maximum Gasteiger partial charge on any atom is 0.161 e. The summed E-state index contributed by atoms with van der Waals surface area (Å²) in [6.45, 7) is 5.34. The molecule has 0 N–H and O–H groups in total. The Morgan fingerprint density at radius 3 is 2.60 bits per heavy atom. The van der Waals surface area contributed by atoms with E-state index in [9.17, 15) is 9.18 Å². The van der Waals surface area contributed by atoms with Crippen molar-refractivity contribution in [3.05, 3.63) is 52.6 Å². The molecule has 0 aliphatic rings. The Morgan fingerprint density at radius 2 is 2.10 bits per heavy atom. The van der Waals surface area contributed by atoms with Crippen molar-refractivity contribution in [3.8, 4) is 11.8 Å². The van der Waals surface area contributed by atoms with Gasteiger partial charge in [-0.2, -0.15) is 5.26 Å². The first-order valence-electron chi connectivity index (χ1n) is 6.41. The van der Waals surface area contributed by atoms with Crippen LogP contribution in [0.15, 0.2) is 24.3 Å². The molecular weight excluding hydrogens is 255 g/mol. The standard InChI is InChI=1S/C16H15FN2O/c1-4-13-7-15(11(3)20)10(2)19(13)14-6-5-12(9-18)16(17)8-14/h5-8H,4H2,1-3H3. The molecule has 0 spiro atoms. The summed E-state index contributed by atoms with van der Waals surface area (Å²) >= 11 is 0. The fraction of sp³-hybridized carbons (Fsp3) is 0.250. The van der Waals surface area contributed by atoms with Crippen LogP contribution in [0.5, 0.6) is 0 Å². The SMILES string of the molecule is CCc1cc(C(C)=O)c(C)n1-c1ccc(C#N)c(F)c1. The van der Waals surface area contributed by atoms with E-state index in [1.165, 1.54) is 19.1 Å². The number of nitrogens with zero attached hydrogens (tertiary/aromatic N) is 2. The van der Waals surface area contributed by atoms with Crippen LogP contribution in [0.4, 0.5) is 4.39 Å². The predicted molar refractivity (Wildman–Crippen MR) is 74.6 cm³/mol. The monoisotopic (exact) mass is 270 g/mol. The van der Waals surface area contributed by atoms with Gasteiger partial charge in [0.25, 0.3) is 0 Å². The highest BCUT2D eigenvalue weighted by Gasteiger charge is 2.16. The van der Waals surface area contributed by atoms with Crippen molar-refractivity contribution < 1.29 is 9.18 Å². The molecule has 0 aliphatic heterocycles. The molecule has 0 unspecified atom stereocenters. The number of nitriles is 1. The minimum absolute atomic E-state index is 0.00920. The summed E-state index contributed by atoms with van der Waals surface area (Å²) in [6, 6.07) is 8.12. The van der Waals surface area contributed by atoms with Gasteiger partial charge in [0, 0.05) is 22.6 Å². The average Bonchev–Trinajstić information content (AvgIpc) is 2.75. The summed E-state index contributed by atoms with van der Waals surface area (Å²) < 4.78 is 15.6. The lowest BCUT2D eigenvalue weighted by molar-refractivity contribution is 0.101. The van der Waals surface area contributed by atoms with E-state index < -0.39 is 5.82 Å². The Kier molecular flexibility index (Phi) is 3.71. The fourth-order valence-corrected chi connectivity index (χ4v) is 2.38. The van der Waals surface area contributed by atoms with E-state index >= 15 is 0 Å². The second-order valence-electron chi connectivity index (χ2n) is 4.66. The molecule has 1 heterocycles. The van der Waals surface area contributed by atoms with Gasteiger partial charge in [-0.25, -0.2) is 4.39 Å². The number of hydrogen-bond acceptors (Lipinski definition) is 2. The quantitative estimate of drug-likeness (QED) is 0.800. The van der Waals surface area contributed by atoms with Crippen molar-refractivity contribution >= 4 is 5.78 Å². The molecule has 1 aromatic carbocycles. The number of rotatable bonds is 3. The van der Waals surface area contributed by atoms with Gasteiger partial charge in [-0.3, -0.25) is 4.79 Å². The number of halogens is 1. The summed E-state index contributed by atoms with van der Waals surface area (Å²) in [5, 5.41) is 8.77. The lowest BCUT2D eigenvalue weighted by atomic mass is 10.2. The van der Waals surface area contributed by atoms with E-state index in [4.69, 9.17) is 5.26 Å². The van der Waals surface area contributed by atoms with E-state index in [2.05, 4.69) is 0 Å². The highest BCUT2D eigenvalue weighted by atomic mass is 19.1. The molecular formula is C16H15FN2O. The fourth-order valence-electron chi connectivity index (χ4n) is 2.38. The number of hydrogen-bond donors (Lipinski definition) is 0. The Morgan fingerprint density at radius 1 is 1.40 bits per heavy atom. The summed E-state index contributed by atoms with van der Waals surface area (Å²) in [7, 11) is 0. The van der Waals surface area contributed by atoms with Gasteiger partial charge < -0.3 is 4.57 Å². The molecule has 4 heteroatoms. The zero-order chi connectivity index (χ0) is 14.9. The first-order valence-corrected chi connectivity index (χ1v) is 6.41. The number of ketones is 1. The van der Waals surface area contributed by atoms with Crippen LogP contribution in [-0.2, 0) is 6.42 Å². The van der Waals surface area contributed by atoms with Crippen LogP contribution in [0.25, 0.3) is 5.69 Å². The minimum atomic E-state index is -0.551. The first-order chi connectivity index (χ1) is 9.49. The second-order valence-corrected chi connectivity index (χ2v) is 4.66.